The molecule has 0 saturated carbocycles. The van der Waals surface area contributed by atoms with Gasteiger partial charge in [-0.2, -0.15) is 0 Å². The van der Waals surface area contributed by atoms with Crippen molar-refractivity contribution in [1.29, 1.82) is 0 Å². The molecule has 1 fully saturated rings. The largest absolute Gasteiger partial charge is 0.323 e. The van der Waals surface area contributed by atoms with Crippen LogP contribution in [0.3, 0.4) is 0 Å². The summed E-state index contributed by atoms with van der Waals surface area (Å²) in [5.74, 6) is -2.76. The van der Waals surface area contributed by atoms with Crippen LogP contribution in [0, 0.1) is 0 Å². The fourth-order valence-electron chi connectivity index (χ4n) is 2.00. The normalized spacial score (nSPS) is 25.6. The van der Waals surface area contributed by atoms with E-state index in [1.165, 1.54) is 0 Å². The Kier molecular flexibility index (Phi) is 3.21. The van der Waals surface area contributed by atoms with E-state index < -0.39 is 12.0 Å². The predicted molar refractivity (Wildman–Crippen MR) is 59.3 cm³/mol. The number of nitrogens with two attached hydrogens (primary N) is 1. The van der Waals surface area contributed by atoms with Crippen molar-refractivity contribution in [3.8, 4) is 0 Å². The maximum atomic E-state index is 13.4. The van der Waals surface area contributed by atoms with E-state index in [-0.39, 0.29) is 6.54 Å². The van der Waals surface area contributed by atoms with E-state index in [0.29, 0.717) is 19.5 Å². The lowest BCUT2D eigenvalue weighted by Crippen LogP contribution is -2.54. The van der Waals surface area contributed by atoms with Gasteiger partial charge in [-0.05, 0) is 12.0 Å². The summed E-state index contributed by atoms with van der Waals surface area (Å²) in [5.41, 5.74) is 6.46. The van der Waals surface area contributed by atoms with Gasteiger partial charge in [0.2, 0.25) is 0 Å². The number of hydrogen-bond donors (Lipinski definition) is 1. The van der Waals surface area contributed by atoms with Gasteiger partial charge in [0.25, 0.3) is 5.92 Å². The maximum Gasteiger partial charge on any atom is 0.275 e. The highest BCUT2D eigenvalue weighted by Gasteiger charge is 2.42. The summed E-state index contributed by atoms with van der Waals surface area (Å²) < 4.78 is 26.8. The van der Waals surface area contributed by atoms with Gasteiger partial charge in [-0.15, -0.1) is 0 Å². The number of halogens is 2. The number of benzene rings is 1. The van der Waals surface area contributed by atoms with Gasteiger partial charge in [0, 0.05) is 13.1 Å². The van der Waals surface area contributed by atoms with Gasteiger partial charge < -0.3 is 5.73 Å². The third-order valence-corrected chi connectivity index (χ3v) is 2.98. The van der Waals surface area contributed by atoms with E-state index in [4.69, 9.17) is 5.73 Å². The van der Waals surface area contributed by atoms with E-state index >= 15 is 0 Å². The Bertz CT molecular complexity index is 340. The Morgan fingerprint density at radius 1 is 1.31 bits per heavy atom. The second kappa shape index (κ2) is 4.47. The topological polar surface area (TPSA) is 29.3 Å². The van der Waals surface area contributed by atoms with E-state index in [0.717, 1.165) is 5.56 Å². The molecule has 0 radical (unpaired) electrons. The molecule has 0 unspecified atom stereocenters. The first kappa shape index (κ1) is 11.5. The maximum absolute atomic E-state index is 13.4. The standard InChI is InChI=1S/C12H16F2N2/c13-12(14)9-16(7-6-11(12)15)8-10-4-2-1-3-5-10/h1-5,11H,6-9,15H2/t11-/m0/s1. The summed E-state index contributed by atoms with van der Waals surface area (Å²) in [4.78, 5) is 1.76. The molecule has 2 rings (SSSR count). The van der Waals surface area contributed by atoms with Gasteiger partial charge in [-0.1, -0.05) is 30.3 Å². The third-order valence-electron chi connectivity index (χ3n) is 2.98. The van der Waals surface area contributed by atoms with E-state index in [1.807, 2.05) is 30.3 Å². The molecule has 1 heterocycles. The Hall–Kier alpha value is -1.00. The molecule has 0 aromatic heterocycles. The second-order valence-electron chi connectivity index (χ2n) is 4.35. The number of alkyl halides is 2. The van der Waals surface area contributed by atoms with Crippen LogP contribution in [0.1, 0.15) is 12.0 Å². The molecule has 16 heavy (non-hydrogen) atoms. The van der Waals surface area contributed by atoms with Crippen LogP contribution in [0.5, 0.6) is 0 Å². The van der Waals surface area contributed by atoms with Crippen molar-refractivity contribution < 1.29 is 8.78 Å². The molecule has 2 N–H and O–H groups in total. The quantitative estimate of drug-likeness (QED) is 0.834. The van der Waals surface area contributed by atoms with Crippen molar-refractivity contribution in [1.82, 2.24) is 4.90 Å². The Balaban J connectivity index is 1.97. The summed E-state index contributed by atoms with van der Waals surface area (Å²) in [6, 6.07) is 8.68. The van der Waals surface area contributed by atoms with Gasteiger partial charge in [0.05, 0.1) is 12.6 Å². The van der Waals surface area contributed by atoms with Gasteiger partial charge in [-0.25, -0.2) is 8.78 Å². The molecule has 1 aliphatic rings. The van der Waals surface area contributed by atoms with Crippen LogP contribution in [0.15, 0.2) is 30.3 Å². The molecular weight excluding hydrogens is 210 g/mol. The van der Waals surface area contributed by atoms with Crippen LogP contribution < -0.4 is 5.73 Å². The molecule has 4 heteroatoms. The van der Waals surface area contributed by atoms with Crippen LogP contribution in [0.25, 0.3) is 0 Å². The van der Waals surface area contributed by atoms with Crippen molar-refractivity contribution in [3.05, 3.63) is 35.9 Å². The van der Waals surface area contributed by atoms with Crippen molar-refractivity contribution in [2.45, 2.75) is 24.9 Å². The molecular formula is C12H16F2N2. The highest BCUT2D eigenvalue weighted by Crippen LogP contribution is 2.26. The van der Waals surface area contributed by atoms with Crippen LogP contribution in [-0.4, -0.2) is 30.0 Å². The Morgan fingerprint density at radius 2 is 2.00 bits per heavy atom. The fraction of sp³-hybridized carbons (Fsp3) is 0.500. The summed E-state index contributed by atoms with van der Waals surface area (Å²) >= 11 is 0. The molecule has 88 valence electrons. The zero-order valence-corrected chi connectivity index (χ0v) is 9.07. The summed E-state index contributed by atoms with van der Waals surface area (Å²) in [6.07, 6.45) is 0.361. The van der Waals surface area contributed by atoms with Crippen molar-refractivity contribution in [3.63, 3.8) is 0 Å². The van der Waals surface area contributed by atoms with Crippen molar-refractivity contribution >= 4 is 0 Å². The molecule has 1 aromatic carbocycles. The zero-order valence-electron chi connectivity index (χ0n) is 9.07. The van der Waals surface area contributed by atoms with E-state index in [1.54, 1.807) is 4.90 Å². The number of piperidine rings is 1. The third kappa shape index (κ3) is 2.57. The first-order valence-electron chi connectivity index (χ1n) is 5.47. The minimum Gasteiger partial charge on any atom is -0.323 e. The molecule has 0 amide bonds. The fourth-order valence-corrected chi connectivity index (χ4v) is 2.00. The first-order valence-corrected chi connectivity index (χ1v) is 5.47. The number of hydrogen-bond acceptors (Lipinski definition) is 2. The molecule has 1 aromatic rings. The van der Waals surface area contributed by atoms with Crippen LogP contribution in [0.4, 0.5) is 8.78 Å². The molecule has 1 saturated heterocycles. The molecule has 0 spiro atoms. The smallest absolute Gasteiger partial charge is 0.275 e. The lowest BCUT2D eigenvalue weighted by Gasteiger charge is -2.36. The molecule has 2 nitrogen and oxygen atoms in total. The number of nitrogens with zero attached hydrogens (tertiary/aromatic N) is 1. The summed E-state index contributed by atoms with van der Waals surface area (Å²) in [6.45, 7) is 0.984. The minimum atomic E-state index is -2.76. The average molecular weight is 226 g/mol. The lowest BCUT2D eigenvalue weighted by atomic mass is 10.0. The highest BCUT2D eigenvalue weighted by molar-refractivity contribution is 5.14. The minimum absolute atomic E-state index is 0.233. The van der Waals surface area contributed by atoms with Gasteiger partial charge >= 0.3 is 0 Å². The van der Waals surface area contributed by atoms with Crippen molar-refractivity contribution in [2.24, 2.45) is 5.73 Å². The van der Waals surface area contributed by atoms with Crippen LogP contribution in [-0.2, 0) is 6.54 Å². The number of likely N-dealkylation sites (tertiary alicyclic amines) is 1. The first-order chi connectivity index (χ1) is 7.58. The van der Waals surface area contributed by atoms with Gasteiger partial charge in [0.1, 0.15) is 0 Å². The SMILES string of the molecule is N[C@H]1CCN(Cc2ccccc2)CC1(F)F. The molecule has 0 aliphatic carbocycles. The Labute approximate surface area is 94.0 Å². The molecule has 1 aliphatic heterocycles. The van der Waals surface area contributed by atoms with E-state index in [2.05, 4.69) is 0 Å². The summed E-state index contributed by atoms with van der Waals surface area (Å²) in [7, 11) is 0. The van der Waals surface area contributed by atoms with E-state index in [9.17, 15) is 8.78 Å². The number of rotatable bonds is 2. The highest BCUT2D eigenvalue weighted by atomic mass is 19.3. The van der Waals surface area contributed by atoms with Gasteiger partial charge in [0.15, 0.2) is 0 Å². The monoisotopic (exact) mass is 226 g/mol. The summed E-state index contributed by atoms with van der Waals surface area (Å²) in [5, 5.41) is 0. The molecule has 1 atom stereocenters. The Morgan fingerprint density at radius 3 is 2.62 bits per heavy atom. The average Bonchev–Trinajstić information content (AvgIpc) is 2.25. The second-order valence-corrected chi connectivity index (χ2v) is 4.35. The van der Waals surface area contributed by atoms with Gasteiger partial charge in [-0.3, -0.25) is 4.90 Å². The van der Waals surface area contributed by atoms with Crippen LogP contribution in [0.2, 0.25) is 0 Å². The zero-order chi connectivity index (χ0) is 11.6. The predicted octanol–water partition coefficient (Wildman–Crippen LogP) is 1.85. The van der Waals surface area contributed by atoms with Crippen LogP contribution >= 0.6 is 0 Å². The lowest BCUT2D eigenvalue weighted by molar-refractivity contribution is -0.0817. The molecule has 0 bridgehead atoms. The van der Waals surface area contributed by atoms with Crippen molar-refractivity contribution in [2.75, 3.05) is 13.1 Å².